The SMILES string of the molecule is CCN1CCN(c2cnnc(N3c4ccccc4CC3C)n2)CC1. The highest BCUT2D eigenvalue weighted by atomic mass is 15.4. The fraction of sp³-hybridized carbons (Fsp3) is 0.500. The largest absolute Gasteiger partial charge is 0.353 e. The fourth-order valence-corrected chi connectivity index (χ4v) is 3.70. The molecule has 0 saturated carbocycles. The van der Waals surface area contributed by atoms with Gasteiger partial charge in [0.15, 0.2) is 5.82 Å². The van der Waals surface area contributed by atoms with Crippen LogP contribution in [0.1, 0.15) is 19.4 Å². The number of rotatable bonds is 3. The van der Waals surface area contributed by atoms with Crippen molar-refractivity contribution in [2.45, 2.75) is 26.3 Å². The maximum atomic E-state index is 4.84. The van der Waals surface area contributed by atoms with E-state index in [0.29, 0.717) is 12.0 Å². The van der Waals surface area contributed by atoms with Crippen molar-refractivity contribution in [3.8, 4) is 0 Å². The van der Waals surface area contributed by atoms with Crippen LogP contribution in [0, 0.1) is 0 Å². The summed E-state index contributed by atoms with van der Waals surface area (Å²) in [6.07, 6.45) is 2.82. The molecule has 0 amide bonds. The summed E-state index contributed by atoms with van der Waals surface area (Å²) < 4.78 is 0. The van der Waals surface area contributed by atoms with Gasteiger partial charge in [-0.2, -0.15) is 10.1 Å². The summed E-state index contributed by atoms with van der Waals surface area (Å²) in [6, 6.07) is 8.86. The molecule has 0 radical (unpaired) electrons. The van der Waals surface area contributed by atoms with Crippen LogP contribution in [0.25, 0.3) is 0 Å². The highest BCUT2D eigenvalue weighted by Crippen LogP contribution is 2.36. The molecule has 3 heterocycles. The van der Waals surface area contributed by atoms with Gasteiger partial charge in [0.2, 0.25) is 0 Å². The molecule has 4 rings (SSSR count). The lowest BCUT2D eigenvalue weighted by molar-refractivity contribution is 0.270. The van der Waals surface area contributed by atoms with Gasteiger partial charge < -0.3 is 14.7 Å². The Morgan fingerprint density at radius 1 is 1.12 bits per heavy atom. The molecule has 0 spiro atoms. The van der Waals surface area contributed by atoms with Gasteiger partial charge in [0.1, 0.15) is 0 Å². The molecule has 6 nitrogen and oxygen atoms in total. The van der Waals surface area contributed by atoms with E-state index in [9.17, 15) is 0 Å². The van der Waals surface area contributed by atoms with Crippen LogP contribution >= 0.6 is 0 Å². The molecule has 1 fully saturated rings. The molecule has 1 aromatic carbocycles. The molecule has 1 aromatic heterocycles. The Kier molecular flexibility index (Phi) is 4.06. The van der Waals surface area contributed by atoms with Crippen LogP contribution < -0.4 is 9.80 Å². The second-order valence-electron chi connectivity index (χ2n) is 6.59. The molecule has 24 heavy (non-hydrogen) atoms. The van der Waals surface area contributed by atoms with Crippen molar-refractivity contribution in [3.05, 3.63) is 36.0 Å². The Labute approximate surface area is 143 Å². The van der Waals surface area contributed by atoms with E-state index >= 15 is 0 Å². The quantitative estimate of drug-likeness (QED) is 0.862. The zero-order chi connectivity index (χ0) is 16.5. The summed E-state index contributed by atoms with van der Waals surface area (Å²) in [5.41, 5.74) is 2.57. The number of likely N-dealkylation sites (N-methyl/N-ethyl adjacent to an activating group) is 1. The Hall–Kier alpha value is -2.21. The second kappa shape index (κ2) is 6.36. The zero-order valence-corrected chi connectivity index (χ0v) is 14.4. The molecule has 126 valence electrons. The van der Waals surface area contributed by atoms with Crippen molar-refractivity contribution in [2.75, 3.05) is 42.5 Å². The van der Waals surface area contributed by atoms with Crippen molar-refractivity contribution in [1.29, 1.82) is 0 Å². The predicted molar refractivity (Wildman–Crippen MR) is 95.9 cm³/mol. The van der Waals surface area contributed by atoms with Crippen molar-refractivity contribution in [2.24, 2.45) is 0 Å². The van der Waals surface area contributed by atoms with Crippen LogP contribution in [0.2, 0.25) is 0 Å². The van der Waals surface area contributed by atoms with E-state index in [2.05, 4.69) is 63.0 Å². The van der Waals surface area contributed by atoms with E-state index in [1.165, 1.54) is 11.3 Å². The summed E-state index contributed by atoms with van der Waals surface area (Å²) in [7, 11) is 0. The van der Waals surface area contributed by atoms with Gasteiger partial charge in [-0.25, -0.2) is 0 Å². The van der Waals surface area contributed by atoms with Crippen molar-refractivity contribution in [3.63, 3.8) is 0 Å². The Morgan fingerprint density at radius 3 is 2.71 bits per heavy atom. The zero-order valence-electron chi connectivity index (χ0n) is 14.4. The third-order valence-electron chi connectivity index (χ3n) is 5.10. The summed E-state index contributed by atoms with van der Waals surface area (Å²) in [5, 5.41) is 8.57. The topological polar surface area (TPSA) is 48.4 Å². The van der Waals surface area contributed by atoms with E-state index in [0.717, 1.165) is 45.0 Å². The summed E-state index contributed by atoms with van der Waals surface area (Å²) in [4.78, 5) is 11.8. The van der Waals surface area contributed by atoms with Gasteiger partial charge in [-0.05, 0) is 31.5 Å². The fourth-order valence-electron chi connectivity index (χ4n) is 3.70. The minimum Gasteiger partial charge on any atom is -0.353 e. The number of hydrogen-bond acceptors (Lipinski definition) is 6. The first-order valence-corrected chi connectivity index (χ1v) is 8.80. The number of anilines is 3. The third kappa shape index (κ3) is 2.71. The maximum Gasteiger partial charge on any atom is 0.252 e. The number of aromatic nitrogens is 3. The molecule has 2 aliphatic heterocycles. The molecule has 1 saturated heterocycles. The summed E-state index contributed by atoms with van der Waals surface area (Å²) in [5.74, 6) is 1.65. The Balaban J connectivity index is 1.60. The molecular weight excluding hydrogens is 300 g/mol. The first-order chi connectivity index (χ1) is 11.8. The molecular formula is C18H24N6. The van der Waals surface area contributed by atoms with E-state index in [4.69, 9.17) is 4.98 Å². The smallest absolute Gasteiger partial charge is 0.252 e. The van der Waals surface area contributed by atoms with E-state index in [-0.39, 0.29) is 0 Å². The molecule has 0 N–H and O–H groups in total. The van der Waals surface area contributed by atoms with Crippen LogP contribution in [0.3, 0.4) is 0 Å². The monoisotopic (exact) mass is 324 g/mol. The van der Waals surface area contributed by atoms with Gasteiger partial charge in [0.05, 0.1) is 6.20 Å². The van der Waals surface area contributed by atoms with Gasteiger partial charge in [-0.3, -0.25) is 0 Å². The van der Waals surface area contributed by atoms with Crippen molar-refractivity contribution < 1.29 is 0 Å². The number of piperazine rings is 1. The highest BCUT2D eigenvalue weighted by Gasteiger charge is 2.29. The number of benzene rings is 1. The van der Waals surface area contributed by atoms with E-state index < -0.39 is 0 Å². The first kappa shape index (κ1) is 15.3. The van der Waals surface area contributed by atoms with Crippen molar-refractivity contribution >= 4 is 17.5 Å². The molecule has 0 aliphatic carbocycles. The van der Waals surface area contributed by atoms with Crippen LogP contribution in [-0.4, -0.2) is 58.8 Å². The van der Waals surface area contributed by atoms with Crippen LogP contribution in [-0.2, 0) is 6.42 Å². The molecule has 1 atom stereocenters. The average molecular weight is 324 g/mol. The Morgan fingerprint density at radius 2 is 1.92 bits per heavy atom. The minimum absolute atomic E-state index is 0.358. The van der Waals surface area contributed by atoms with Crippen LogP contribution in [0.5, 0.6) is 0 Å². The standard InChI is InChI=1S/C18H24N6/c1-3-22-8-10-23(11-9-22)17-13-19-21-18(20-17)24-14(2)12-15-6-4-5-7-16(15)24/h4-7,13-14H,3,8-12H2,1-2H3. The molecule has 0 bridgehead atoms. The predicted octanol–water partition coefficient (Wildman–Crippen LogP) is 2.10. The lowest BCUT2D eigenvalue weighted by Gasteiger charge is -2.34. The molecule has 2 aromatic rings. The third-order valence-corrected chi connectivity index (χ3v) is 5.10. The summed E-state index contributed by atoms with van der Waals surface area (Å²) >= 11 is 0. The molecule has 6 heteroatoms. The van der Waals surface area contributed by atoms with Gasteiger partial charge in [0, 0.05) is 37.9 Å². The number of fused-ring (bicyclic) bond motifs is 1. The summed E-state index contributed by atoms with van der Waals surface area (Å²) in [6.45, 7) is 9.71. The number of para-hydroxylation sites is 1. The minimum atomic E-state index is 0.358. The van der Waals surface area contributed by atoms with E-state index in [1.807, 2.05) is 0 Å². The normalized spacial score (nSPS) is 21.2. The lowest BCUT2D eigenvalue weighted by atomic mass is 10.1. The van der Waals surface area contributed by atoms with Gasteiger partial charge >= 0.3 is 0 Å². The second-order valence-corrected chi connectivity index (χ2v) is 6.59. The van der Waals surface area contributed by atoms with Crippen molar-refractivity contribution in [1.82, 2.24) is 20.1 Å². The Bertz CT molecular complexity index is 710. The average Bonchev–Trinajstić information content (AvgIpc) is 2.97. The highest BCUT2D eigenvalue weighted by molar-refractivity contribution is 5.67. The molecule has 1 unspecified atom stereocenters. The number of hydrogen-bond donors (Lipinski definition) is 0. The maximum absolute atomic E-state index is 4.84. The van der Waals surface area contributed by atoms with Crippen LogP contribution in [0.15, 0.2) is 30.5 Å². The first-order valence-electron chi connectivity index (χ1n) is 8.80. The number of nitrogens with zero attached hydrogens (tertiary/aromatic N) is 6. The van der Waals surface area contributed by atoms with Gasteiger partial charge in [-0.15, -0.1) is 5.10 Å². The van der Waals surface area contributed by atoms with Crippen LogP contribution in [0.4, 0.5) is 17.5 Å². The lowest BCUT2D eigenvalue weighted by Crippen LogP contribution is -2.46. The molecule has 2 aliphatic rings. The van der Waals surface area contributed by atoms with Gasteiger partial charge in [-0.1, -0.05) is 25.1 Å². The van der Waals surface area contributed by atoms with E-state index in [1.54, 1.807) is 6.20 Å². The van der Waals surface area contributed by atoms with Gasteiger partial charge in [0.25, 0.3) is 5.95 Å².